The minimum absolute atomic E-state index is 0.0829. The Hall–Kier alpha value is -3.04. The van der Waals surface area contributed by atoms with Crippen LogP contribution in [-0.4, -0.2) is 74.3 Å². The van der Waals surface area contributed by atoms with Gasteiger partial charge in [0.1, 0.15) is 6.33 Å². The maximum absolute atomic E-state index is 13.1. The summed E-state index contributed by atoms with van der Waals surface area (Å²) in [5.41, 5.74) is -0.679. The number of fused-ring (bicyclic) bond motifs is 1. The van der Waals surface area contributed by atoms with E-state index in [0.29, 0.717) is 51.6 Å². The first-order valence-corrected chi connectivity index (χ1v) is 9.87. The molecule has 0 N–H and O–H groups in total. The molecule has 0 saturated carbocycles. The molecule has 2 fully saturated rings. The summed E-state index contributed by atoms with van der Waals surface area (Å²) in [4.78, 5) is 42.6. The molecule has 10 heteroatoms. The van der Waals surface area contributed by atoms with Gasteiger partial charge >= 0.3 is 5.97 Å². The SMILES string of the molecule is CCOC(=O)[C@]12CCCN(C(=O)c3ncn(C)n3)C[C@H]1CN(c1ncccn1)C2. The van der Waals surface area contributed by atoms with Crippen molar-refractivity contribution in [2.24, 2.45) is 18.4 Å². The van der Waals surface area contributed by atoms with Crippen molar-refractivity contribution in [2.75, 3.05) is 37.7 Å². The molecule has 154 valence electrons. The Morgan fingerprint density at radius 2 is 2.03 bits per heavy atom. The first-order chi connectivity index (χ1) is 14.0. The number of nitrogens with zero attached hydrogens (tertiary/aromatic N) is 7. The Bertz CT molecular complexity index is 887. The van der Waals surface area contributed by atoms with Crippen LogP contribution in [0.3, 0.4) is 0 Å². The van der Waals surface area contributed by atoms with E-state index in [2.05, 4.69) is 20.1 Å². The van der Waals surface area contributed by atoms with Crippen molar-refractivity contribution in [1.82, 2.24) is 29.6 Å². The Morgan fingerprint density at radius 3 is 2.72 bits per heavy atom. The number of ether oxygens (including phenoxy) is 1. The van der Waals surface area contributed by atoms with Gasteiger partial charge in [0.2, 0.25) is 11.8 Å². The second-order valence-corrected chi connectivity index (χ2v) is 7.60. The van der Waals surface area contributed by atoms with Crippen molar-refractivity contribution in [3.05, 3.63) is 30.6 Å². The standard InChI is InChI=1S/C19H25N7O3/c1-3-29-17(28)19-6-4-9-25(16(27)15-22-13-24(2)23-15)10-14(19)11-26(12-19)18-20-7-5-8-21-18/h5,7-8,13-14H,3-4,6,9-12H2,1-2H3/t14-,19-/m0/s1. The maximum Gasteiger partial charge on any atom is 0.314 e. The Morgan fingerprint density at radius 1 is 1.24 bits per heavy atom. The van der Waals surface area contributed by atoms with E-state index in [4.69, 9.17) is 4.74 Å². The second kappa shape index (κ2) is 7.76. The molecule has 2 atom stereocenters. The van der Waals surface area contributed by atoms with Gasteiger partial charge in [-0.2, -0.15) is 0 Å². The molecule has 29 heavy (non-hydrogen) atoms. The zero-order valence-electron chi connectivity index (χ0n) is 16.7. The minimum atomic E-state index is -0.679. The van der Waals surface area contributed by atoms with Crippen molar-refractivity contribution in [3.8, 4) is 0 Å². The summed E-state index contributed by atoms with van der Waals surface area (Å²) in [5, 5.41) is 4.14. The number of carbonyl (C=O) groups is 2. The largest absolute Gasteiger partial charge is 0.466 e. The summed E-state index contributed by atoms with van der Waals surface area (Å²) in [5.74, 6) is 0.278. The van der Waals surface area contributed by atoms with Crippen LogP contribution >= 0.6 is 0 Å². The minimum Gasteiger partial charge on any atom is -0.466 e. The van der Waals surface area contributed by atoms with E-state index >= 15 is 0 Å². The molecule has 10 nitrogen and oxygen atoms in total. The van der Waals surface area contributed by atoms with Crippen LogP contribution in [0.1, 0.15) is 30.4 Å². The third-order valence-electron chi connectivity index (χ3n) is 5.78. The van der Waals surface area contributed by atoms with Crippen LogP contribution < -0.4 is 4.90 Å². The van der Waals surface area contributed by atoms with Crippen LogP contribution in [0.5, 0.6) is 0 Å². The van der Waals surface area contributed by atoms with E-state index in [1.165, 1.54) is 11.0 Å². The van der Waals surface area contributed by atoms with E-state index in [1.807, 2.05) is 11.8 Å². The van der Waals surface area contributed by atoms with Gasteiger partial charge in [0, 0.05) is 51.5 Å². The van der Waals surface area contributed by atoms with Gasteiger partial charge in [0.25, 0.3) is 5.91 Å². The topological polar surface area (TPSA) is 106 Å². The van der Waals surface area contributed by atoms with Gasteiger partial charge in [-0.1, -0.05) is 0 Å². The van der Waals surface area contributed by atoms with Gasteiger partial charge in [-0.05, 0) is 25.8 Å². The van der Waals surface area contributed by atoms with Gasteiger partial charge in [-0.15, -0.1) is 5.10 Å². The van der Waals surface area contributed by atoms with Crippen molar-refractivity contribution < 1.29 is 14.3 Å². The summed E-state index contributed by atoms with van der Waals surface area (Å²) in [7, 11) is 1.73. The second-order valence-electron chi connectivity index (χ2n) is 7.60. The van der Waals surface area contributed by atoms with E-state index < -0.39 is 5.41 Å². The van der Waals surface area contributed by atoms with Gasteiger partial charge in [-0.25, -0.2) is 15.0 Å². The Balaban J connectivity index is 1.62. The number of rotatable bonds is 4. The molecule has 0 aliphatic carbocycles. The monoisotopic (exact) mass is 399 g/mol. The van der Waals surface area contributed by atoms with Crippen molar-refractivity contribution in [3.63, 3.8) is 0 Å². The van der Waals surface area contributed by atoms with Crippen molar-refractivity contribution >= 4 is 17.8 Å². The number of aromatic nitrogens is 5. The van der Waals surface area contributed by atoms with Crippen LogP contribution in [0.25, 0.3) is 0 Å². The molecule has 0 aromatic carbocycles. The number of carbonyl (C=O) groups excluding carboxylic acids is 2. The summed E-state index contributed by atoms with van der Waals surface area (Å²) in [6, 6.07) is 1.76. The molecule has 1 amide bonds. The number of aryl methyl sites for hydroxylation is 1. The van der Waals surface area contributed by atoms with Crippen molar-refractivity contribution in [2.45, 2.75) is 19.8 Å². The van der Waals surface area contributed by atoms with E-state index in [9.17, 15) is 9.59 Å². The van der Waals surface area contributed by atoms with E-state index in [1.54, 1.807) is 30.4 Å². The summed E-state index contributed by atoms with van der Waals surface area (Å²) in [6.07, 6.45) is 6.25. The van der Waals surface area contributed by atoms with Gasteiger partial charge in [0.05, 0.1) is 12.0 Å². The molecule has 4 heterocycles. The first kappa shape index (κ1) is 19.3. The maximum atomic E-state index is 13.1. The summed E-state index contributed by atoms with van der Waals surface area (Å²) >= 11 is 0. The van der Waals surface area contributed by atoms with Crippen LogP contribution in [0.2, 0.25) is 0 Å². The van der Waals surface area contributed by atoms with Crippen LogP contribution in [0.15, 0.2) is 24.8 Å². The van der Waals surface area contributed by atoms with E-state index in [0.717, 1.165) is 0 Å². The summed E-state index contributed by atoms with van der Waals surface area (Å²) in [6.45, 7) is 4.23. The lowest BCUT2D eigenvalue weighted by Crippen LogP contribution is -2.43. The van der Waals surface area contributed by atoms with Gasteiger partial charge in [0.15, 0.2) is 0 Å². The normalized spacial score (nSPS) is 24.1. The van der Waals surface area contributed by atoms with Gasteiger partial charge in [-0.3, -0.25) is 14.3 Å². The van der Waals surface area contributed by atoms with E-state index in [-0.39, 0.29) is 23.6 Å². The predicted molar refractivity (Wildman–Crippen MR) is 103 cm³/mol. The molecule has 0 spiro atoms. The molecule has 2 aromatic heterocycles. The number of esters is 1. The number of hydrogen-bond donors (Lipinski definition) is 0. The molecular formula is C19H25N7O3. The molecule has 4 rings (SSSR count). The average Bonchev–Trinajstić information content (AvgIpc) is 3.27. The molecule has 0 radical (unpaired) electrons. The fraction of sp³-hybridized carbons (Fsp3) is 0.579. The average molecular weight is 399 g/mol. The van der Waals surface area contributed by atoms with Crippen LogP contribution in [0.4, 0.5) is 5.95 Å². The zero-order valence-corrected chi connectivity index (χ0v) is 16.7. The first-order valence-electron chi connectivity index (χ1n) is 9.87. The molecule has 2 aromatic rings. The molecule has 0 bridgehead atoms. The quantitative estimate of drug-likeness (QED) is 0.686. The van der Waals surface area contributed by atoms with Gasteiger partial charge < -0.3 is 14.5 Å². The number of anilines is 1. The zero-order chi connectivity index (χ0) is 20.4. The molecular weight excluding hydrogens is 374 g/mol. The highest BCUT2D eigenvalue weighted by molar-refractivity contribution is 5.90. The molecule has 2 saturated heterocycles. The fourth-order valence-corrected chi connectivity index (χ4v) is 4.41. The highest BCUT2D eigenvalue weighted by Crippen LogP contribution is 2.44. The lowest BCUT2D eigenvalue weighted by atomic mass is 9.75. The highest BCUT2D eigenvalue weighted by Gasteiger charge is 2.55. The van der Waals surface area contributed by atoms with Crippen molar-refractivity contribution in [1.29, 1.82) is 0 Å². The third-order valence-corrected chi connectivity index (χ3v) is 5.78. The van der Waals surface area contributed by atoms with Crippen LogP contribution in [0, 0.1) is 11.3 Å². The lowest BCUT2D eigenvalue weighted by molar-refractivity contribution is -0.157. The lowest BCUT2D eigenvalue weighted by Gasteiger charge is -2.31. The highest BCUT2D eigenvalue weighted by atomic mass is 16.5. The molecule has 2 aliphatic heterocycles. The third kappa shape index (κ3) is 3.54. The number of amides is 1. The predicted octanol–water partition coefficient (Wildman–Crippen LogP) is 0.527. The fourth-order valence-electron chi connectivity index (χ4n) is 4.41. The van der Waals surface area contributed by atoms with Crippen LogP contribution in [-0.2, 0) is 16.6 Å². The number of likely N-dealkylation sites (tertiary alicyclic amines) is 1. The Kier molecular flexibility index (Phi) is 5.16. The molecule has 0 unspecified atom stereocenters. The Labute approximate surface area is 168 Å². The summed E-state index contributed by atoms with van der Waals surface area (Å²) < 4.78 is 6.98. The molecule has 2 aliphatic rings. The number of hydrogen-bond acceptors (Lipinski definition) is 8. The smallest absolute Gasteiger partial charge is 0.314 e.